The average molecular weight is 336 g/mol. The fourth-order valence-corrected chi connectivity index (χ4v) is 2.97. The van der Waals surface area contributed by atoms with Gasteiger partial charge in [0.2, 0.25) is 6.79 Å². The molecule has 25 heavy (non-hydrogen) atoms. The van der Waals surface area contributed by atoms with Gasteiger partial charge >= 0.3 is 0 Å². The lowest BCUT2D eigenvalue weighted by molar-refractivity contribution is 0.174. The van der Waals surface area contributed by atoms with E-state index in [1.807, 2.05) is 25.3 Å². The lowest BCUT2D eigenvalue weighted by Crippen LogP contribution is -2.23. The van der Waals surface area contributed by atoms with Crippen molar-refractivity contribution in [3.63, 3.8) is 0 Å². The summed E-state index contributed by atoms with van der Waals surface area (Å²) in [6, 6.07) is 10.2. The summed E-state index contributed by atoms with van der Waals surface area (Å²) in [4.78, 5) is 14.2. The largest absolute Gasteiger partial charge is 0.454 e. The number of benzene rings is 1. The van der Waals surface area contributed by atoms with Gasteiger partial charge in [-0.25, -0.2) is 4.98 Å². The van der Waals surface area contributed by atoms with Crippen LogP contribution in [-0.4, -0.2) is 26.6 Å². The van der Waals surface area contributed by atoms with Crippen LogP contribution in [0, 0.1) is 6.92 Å². The monoisotopic (exact) mass is 336 g/mol. The van der Waals surface area contributed by atoms with E-state index in [1.54, 1.807) is 12.5 Å². The molecule has 128 valence electrons. The van der Waals surface area contributed by atoms with E-state index in [1.165, 1.54) is 11.1 Å². The molecule has 1 aliphatic rings. The summed E-state index contributed by atoms with van der Waals surface area (Å²) >= 11 is 0. The third-order valence-corrected chi connectivity index (χ3v) is 4.28. The molecule has 0 aliphatic carbocycles. The molecule has 6 heteroatoms. The minimum atomic E-state index is 0.296. The maximum absolute atomic E-state index is 5.50. The number of rotatable bonds is 6. The molecule has 6 nitrogen and oxygen atoms in total. The van der Waals surface area contributed by atoms with Gasteiger partial charge in [-0.1, -0.05) is 12.1 Å². The van der Waals surface area contributed by atoms with Crippen LogP contribution >= 0.6 is 0 Å². The van der Waals surface area contributed by atoms with E-state index < -0.39 is 0 Å². The Morgan fingerprint density at radius 2 is 1.96 bits per heavy atom. The number of aryl methyl sites for hydroxylation is 1. The van der Waals surface area contributed by atoms with Crippen LogP contribution < -0.4 is 9.47 Å². The summed E-state index contributed by atoms with van der Waals surface area (Å²) in [6.45, 7) is 4.70. The van der Waals surface area contributed by atoms with Gasteiger partial charge in [-0.15, -0.1) is 0 Å². The first-order valence-electron chi connectivity index (χ1n) is 8.26. The SMILES string of the molecule is Cc1[nH]cnc1CN(Cc1cccnc1)Cc1ccc2c(c1)OCO2. The third kappa shape index (κ3) is 3.64. The van der Waals surface area contributed by atoms with Crippen molar-refractivity contribution in [3.8, 4) is 11.5 Å². The molecule has 0 saturated carbocycles. The number of nitrogens with one attached hydrogen (secondary N) is 1. The number of ether oxygens (including phenoxy) is 2. The highest BCUT2D eigenvalue weighted by molar-refractivity contribution is 5.44. The first-order valence-corrected chi connectivity index (χ1v) is 8.26. The number of nitrogens with zero attached hydrogens (tertiary/aromatic N) is 3. The van der Waals surface area contributed by atoms with Crippen molar-refractivity contribution in [2.75, 3.05) is 6.79 Å². The van der Waals surface area contributed by atoms with Crippen LogP contribution in [-0.2, 0) is 19.6 Å². The molecular formula is C19H20N4O2. The van der Waals surface area contributed by atoms with Gasteiger partial charge in [-0.3, -0.25) is 9.88 Å². The molecule has 4 rings (SSSR count). The first-order chi connectivity index (χ1) is 12.3. The van der Waals surface area contributed by atoms with E-state index in [4.69, 9.17) is 9.47 Å². The number of H-pyrrole nitrogens is 1. The van der Waals surface area contributed by atoms with Gasteiger partial charge in [-0.05, 0) is 36.2 Å². The highest BCUT2D eigenvalue weighted by atomic mass is 16.7. The predicted octanol–water partition coefficient (Wildman–Crippen LogP) is 3.04. The molecule has 2 aromatic heterocycles. The van der Waals surface area contributed by atoms with E-state index >= 15 is 0 Å². The zero-order valence-electron chi connectivity index (χ0n) is 14.1. The highest BCUT2D eigenvalue weighted by Gasteiger charge is 2.16. The highest BCUT2D eigenvalue weighted by Crippen LogP contribution is 2.33. The van der Waals surface area contributed by atoms with Crippen molar-refractivity contribution in [1.29, 1.82) is 0 Å². The van der Waals surface area contributed by atoms with Crippen LogP contribution in [0.1, 0.15) is 22.5 Å². The fraction of sp³-hybridized carbons (Fsp3) is 0.263. The third-order valence-electron chi connectivity index (χ3n) is 4.28. The van der Waals surface area contributed by atoms with Gasteiger partial charge in [0.25, 0.3) is 0 Å². The second-order valence-corrected chi connectivity index (χ2v) is 6.17. The lowest BCUT2D eigenvalue weighted by Gasteiger charge is -2.22. The van der Waals surface area contributed by atoms with Crippen molar-refractivity contribution in [2.45, 2.75) is 26.6 Å². The molecule has 3 aromatic rings. The van der Waals surface area contributed by atoms with Gasteiger partial charge < -0.3 is 14.5 Å². The van der Waals surface area contributed by atoms with Crippen LogP contribution in [0.25, 0.3) is 0 Å². The van der Waals surface area contributed by atoms with Crippen molar-refractivity contribution >= 4 is 0 Å². The van der Waals surface area contributed by atoms with E-state index in [0.717, 1.165) is 42.5 Å². The van der Waals surface area contributed by atoms with Crippen LogP contribution in [0.3, 0.4) is 0 Å². The quantitative estimate of drug-likeness (QED) is 0.749. The second kappa shape index (κ2) is 6.94. The van der Waals surface area contributed by atoms with Gasteiger partial charge in [-0.2, -0.15) is 0 Å². The summed E-state index contributed by atoms with van der Waals surface area (Å²) < 4.78 is 10.9. The molecule has 0 spiro atoms. The number of fused-ring (bicyclic) bond motifs is 1. The molecule has 3 heterocycles. The summed E-state index contributed by atoms with van der Waals surface area (Å²) in [5.41, 5.74) is 4.52. The van der Waals surface area contributed by atoms with Crippen molar-refractivity contribution in [2.24, 2.45) is 0 Å². The van der Waals surface area contributed by atoms with Crippen LogP contribution in [0.5, 0.6) is 11.5 Å². The number of hydrogen-bond donors (Lipinski definition) is 1. The number of aromatic amines is 1. The van der Waals surface area contributed by atoms with E-state index in [-0.39, 0.29) is 0 Å². The number of hydrogen-bond acceptors (Lipinski definition) is 5. The zero-order chi connectivity index (χ0) is 17.1. The van der Waals surface area contributed by atoms with Crippen LogP contribution in [0.2, 0.25) is 0 Å². The standard InChI is InChI=1S/C19H20N4O2/c1-14-17(22-12-21-14)11-23(10-16-3-2-6-20-8-16)9-15-4-5-18-19(7-15)25-13-24-18/h2-8,12H,9-11,13H2,1H3,(H,21,22). The van der Waals surface area contributed by atoms with E-state index in [9.17, 15) is 0 Å². The molecule has 0 atom stereocenters. The number of pyridine rings is 1. The van der Waals surface area contributed by atoms with Gasteiger partial charge in [0.05, 0.1) is 12.0 Å². The Balaban J connectivity index is 1.55. The smallest absolute Gasteiger partial charge is 0.231 e. The second-order valence-electron chi connectivity index (χ2n) is 6.17. The molecule has 0 radical (unpaired) electrons. The van der Waals surface area contributed by atoms with Crippen LogP contribution in [0.4, 0.5) is 0 Å². The number of aromatic nitrogens is 3. The molecule has 0 saturated heterocycles. The normalized spacial score (nSPS) is 12.7. The molecule has 0 unspecified atom stereocenters. The minimum Gasteiger partial charge on any atom is -0.454 e. The Hall–Kier alpha value is -2.86. The first kappa shape index (κ1) is 15.7. The van der Waals surface area contributed by atoms with Crippen molar-refractivity contribution < 1.29 is 9.47 Å². The Kier molecular flexibility index (Phi) is 4.35. The maximum atomic E-state index is 5.50. The fourth-order valence-electron chi connectivity index (χ4n) is 2.97. The summed E-state index contributed by atoms with van der Waals surface area (Å²) in [7, 11) is 0. The van der Waals surface area contributed by atoms with Gasteiger partial charge in [0.15, 0.2) is 11.5 Å². The molecule has 1 N–H and O–H groups in total. The molecular weight excluding hydrogens is 316 g/mol. The minimum absolute atomic E-state index is 0.296. The summed E-state index contributed by atoms with van der Waals surface area (Å²) in [5.74, 6) is 1.63. The Morgan fingerprint density at radius 3 is 2.76 bits per heavy atom. The summed E-state index contributed by atoms with van der Waals surface area (Å²) in [6.07, 6.45) is 5.45. The Labute approximate surface area is 146 Å². The van der Waals surface area contributed by atoms with Crippen molar-refractivity contribution in [3.05, 3.63) is 71.6 Å². The Morgan fingerprint density at radius 1 is 1.08 bits per heavy atom. The topological polar surface area (TPSA) is 63.3 Å². The predicted molar refractivity (Wildman–Crippen MR) is 93.1 cm³/mol. The van der Waals surface area contributed by atoms with Gasteiger partial charge in [0.1, 0.15) is 0 Å². The van der Waals surface area contributed by atoms with E-state index in [0.29, 0.717) is 6.79 Å². The Bertz CT molecular complexity index is 848. The van der Waals surface area contributed by atoms with Crippen LogP contribution in [0.15, 0.2) is 49.1 Å². The average Bonchev–Trinajstić information content (AvgIpc) is 3.24. The van der Waals surface area contributed by atoms with Crippen molar-refractivity contribution in [1.82, 2.24) is 19.9 Å². The number of imidazole rings is 1. The lowest BCUT2D eigenvalue weighted by atomic mass is 10.1. The molecule has 0 fully saturated rings. The summed E-state index contributed by atoms with van der Waals surface area (Å²) in [5, 5.41) is 0. The molecule has 0 bridgehead atoms. The zero-order valence-corrected chi connectivity index (χ0v) is 14.1. The molecule has 1 aromatic carbocycles. The molecule has 0 amide bonds. The maximum Gasteiger partial charge on any atom is 0.231 e. The van der Waals surface area contributed by atoms with E-state index in [2.05, 4.69) is 38.1 Å². The van der Waals surface area contributed by atoms with Gasteiger partial charge in [0, 0.05) is 37.7 Å². The molecule has 1 aliphatic heterocycles.